The Morgan fingerprint density at radius 2 is 1.86 bits per heavy atom. The lowest BCUT2D eigenvalue weighted by atomic mass is 10.2. The third kappa shape index (κ3) is 3.74. The zero-order chi connectivity index (χ0) is 20.5. The minimum absolute atomic E-state index is 0.192. The molecule has 0 fully saturated rings. The molecule has 4 rings (SSSR count). The number of thiophene rings is 1. The molecule has 0 atom stereocenters. The molecule has 0 amide bonds. The van der Waals surface area contributed by atoms with Crippen LogP contribution in [0.25, 0.3) is 26.3 Å². The number of aromatic nitrogens is 2. The molecule has 146 valence electrons. The number of carbonyl (C=O) groups is 1. The summed E-state index contributed by atoms with van der Waals surface area (Å²) in [4.78, 5) is 29.7. The van der Waals surface area contributed by atoms with Gasteiger partial charge in [-0.3, -0.25) is 14.2 Å². The number of halogens is 1. The summed E-state index contributed by atoms with van der Waals surface area (Å²) >= 11 is 7.33. The first kappa shape index (κ1) is 19.2. The van der Waals surface area contributed by atoms with Gasteiger partial charge in [-0.15, -0.1) is 11.3 Å². The predicted octanol–water partition coefficient (Wildman–Crippen LogP) is 4.70. The molecule has 4 aromatic rings. The van der Waals surface area contributed by atoms with Crippen molar-refractivity contribution in [3.63, 3.8) is 0 Å². The molecule has 2 heterocycles. The van der Waals surface area contributed by atoms with Crippen LogP contribution in [0.4, 0.5) is 0 Å². The van der Waals surface area contributed by atoms with Gasteiger partial charge >= 0.3 is 5.97 Å². The van der Waals surface area contributed by atoms with Gasteiger partial charge in [0.05, 0.1) is 18.3 Å². The van der Waals surface area contributed by atoms with Gasteiger partial charge in [0.15, 0.2) is 11.5 Å². The number of fused-ring (bicyclic) bond motifs is 1. The minimum atomic E-state index is -0.454. The van der Waals surface area contributed by atoms with Crippen LogP contribution in [0.1, 0.15) is 6.92 Å². The summed E-state index contributed by atoms with van der Waals surface area (Å²) in [6.07, 6.45) is 1.48. The highest BCUT2D eigenvalue weighted by atomic mass is 35.5. The van der Waals surface area contributed by atoms with Crippen molar-refractivity contribution in [2.75, 3.05) is 7.11 Å². The Morgan fingerprint density at radius 1 is 1.10 bits per heavy atom. The van der Waals surface area contributed by atoms with E-state index < -0.39 is 5.97 Å². The molecular formula is C21H15ClN2O4S. The second kappa shape index (κ2) is 7.69. The van der Waals surface area contributed by atoms with Crippen molar-refractivity contribution < 1.29 is 14.3 Å². The molecule has 0 unspecified atom stereocenters. The van der Waals surface area contributed by atoms with E-state index in [1.807, 2.05) is 30.3 Å². The average molecular weight is 427 g/mol. The predicted molar refractivity (Wildman–Crippen MR) is 114 cm³/mol. The maximum Gasteiger partial charge on any atom is 0.308 e. The highest BCUT2D eigenvalue weighted by Crippen LogP contribution is 2.32. The summed E-state index contributed by atoms with van der Waals surface area (Å²) in [5.74, 6) is 0.175. The summed E-state index contributed by atoms with van der Waals surface area (Å²) in [6.45, 7) is 1.31. The van der Waals surface area contributed by atoms with Gasteiger partial charge in [0.1, 0.15) is 11.0 Å². The first-order chi connectivity index (χ1) is 14.0. The number of hydrogen-bond donors (Lipinski definition) is 0. The molecule has 2 aromatic heterocycles. The fourth-order valence-corrected chi connectivity index (χ4v) is 4.07. The molecule has 0 saturated carbocycles. The molecule has 0 aliphatic rings. The maximum atomic E-state index is 13.1. The Morgan fingerprint density at radius 3 is 2.55 bits per heavy atom. The monoisotopic (exact) mass is 426 g/mol. The number of esters is 1. The number of hydrogen-bond acceptors (Lipinski definition) is 6. The molecule has 0 radical (unpaired) electrons. The summed E-state index contributed by atoms with van der Waals surface area (Å²) < 4.78 is 12.4. The fourth-order valence-electron chi connectivity index (χ4n) is 2.90. The second-order valence-electron chi connectivity index (χ2n) is 6.18. The lowest BCUT2D eigenvalue weighted by molar-refractivity contribution is -0.132. The molecule has 2 aromatic carbocycles. The number of nitrogens with zero attached hydrogens (tertiary/aromatic N) is 2. The molecule has 0 aliphatic carbocycles. The fraction of sp³-hybridized carbons (Fsp3) is 0.0952. The quantitative estimate of drug-likeness (QED) is 0.349. The Bertz CT molecular complexity index is 1280. The molecule has 0 saturated heterocycles. The van der Waals surface area contributed by atoms with Crippen molar-refractivity contribution in [1.82, 2.24) is 9.55 Å². The largest absolute Gasteiger partial charge is 0.493 e. The molecule has 6 nitrogen and oxygen atoms in total. The van der Waals surface area contributed by atoms with E-state index in [2.05, 4.69) is 4.98 Å². The third-order valence-corrected chi connectivity index (χ3v) is 5.66. The van der Waals surface area contributed by atoms with E-state index in [1.54, 1.807) is 18.2 Å². The topological polar surface area (TPSA) is 70.4 Å². The van der Waals surface area contributed by atoms with Crippen molar-refractivity contribution in [2.24, 2.45) is 0 Å². The van der Waals surface area contributed by atoms with Crippen LogP contribution in [0, 0.1) is 0 Å². The third-order valence-electron chi connectivity index (χ3n) is 4.25. The smallest absolute Gasteiger partial charge is 0.308 e. The highest BCUT2D eigenvalue weighted by Gasteiger charge is 2.14. The highest BCUT2D eigenvalue weighted by molar-refractivity contribution is 7.22. The van der Waals surface area contributed by atoms with Crippen LogP contribution >= 0.6 is 22.9 Å². The van der Waals surface area contributed by atoms with Crippen LogP contribution < -0.4 is 15.0 Å². The van der Waals surface area contributed by atoms with Gasteiger partial charge in [-0.1, -0.05) is 23.7 Å². The zero-order valence-electron chi connectivity index (χ0n) is 15.5. The van der Waals surface area contributed by atoms with Gasteiger partial charge in [0.25, 0.3) is 5.56 Å². The van der Waals surface area contributed by atoms with Crippen LogP contribution in [-0.4, -0.2) is 22.6 Å². The Hall–Kier alpha value is -3.16. The number of carbonyl (C=O) groups excluding carboxylic acids is 1. The summed E-state index contributed by atoms with van der Waals surface area (Å²) in [5.41, 5.74) is 1.96. The van der Waals surface area contributed by atoms with Crippen LogP contribution in [0.2, 0.25) is 5.02 Å². The normalized spacial score (nSPS) is 10.9. The average Bonchev–Trinajstić information content (AvgIpc) is 3.14. The summed E-state index contributed by atoms with van der Waals surface area (Å²) in [6, 6.07) is 14.2. The van der Waals surface area contributed by atoms with Gasteiger partial charge in [-0.2, -0.15) is 0 Å². The van der Waals surface area contributed by atoms with E-state index in [1.165, 1.54) is 36.3 Å². The summed E-state index contributed by atoms with van der Waals surface area (Å²) in [7, 11) is 1.47. The zero-order valence-corrected chi connectivity index (χ0v) is 17.1. The molecule has 0 N–H and O–H groups in total. The minimum Gasteiger partial charge on any atom is -0.493 e. The van der Waals surface area contributed by atoms with E-state index >= 15 is 0 Å². The van der Waals surface area contributed by atoms with E-state index in [0.29, 0.717) is 26.7 Å². The lowest BCUT2D eigenvalue weighted by Crippen LogP contribution is -2.17. The number of rotatable bonds is 4. The Kier molecular flexibility index (Phi) is 5.08. The first-order valence-corrected chi connectivity index (χ1v) is 9.79. The van der Waals surface area contributed by atoms with Crippen molar-refractivity contribution in [3.8, 4) is 27.6 Å². The summed E-state index contributed by atoms with van der Waals surface area (Å²) in [5, 5.41) is 0.654. The molecule has 0 spiro atoms. The second-order valence-corrected chi connectivity index (χ2v) is 7.67. The molecule has 0 bridgehead atoms. The maximum absolute atomic E-state index is 13.1. The molecule has 0 aliphatic heterocycles. The van der Waals surface area contributed by atoms with E-state index in [9.17, 15) is 9.59 Å². The van der Waals surface area contributed by atoms with Gasteiger partial charge in [-0.25, -0.2) is 4.98 Å². The van der Waals surface area contributed by atoms with Crippen molar-refractivity contribution in [1.29, 1.82) is 0 Å². The first-order valence-electron chi connectivity index (χ1n) is 8.60. The Balaban J connectivity index is 1.79. The van der Waals surface area contributed by atoms with E-state index in [4.69, 9.17) is 21.1 Å². The number of benzene rings is 2. The van der Waals surface area contributed by atoms with Crippen LogP contribution in [0.3, 0.4) is 0 Å². The molecule has 29 heavy (non-hydrogen) atoms. The standard InChI is InChI=1S/C21H15ClN2O4S/c1-12(25)28-17-8-7-15(9-18(17)27-2)24-11-23-16-10-19(29-20(16)21(24)26)13-3-5-14(22)6-4-13/h3-11H,1-2H3. The Labute approximate surface area is 174 Å². The number of methoxy groups -OCH3 is 1. The van der Waals surface area contributed by atoms with E-state index in [-0.39, 0.29) is 11.3 Å². The van der Waals surface area contributed by atoms with Gasteiger partial charge in [0, 0.05) is 22.9 Å². The SMILES string of the molecule is COc1cc(-n2cnc3cc(-c4ccc(Cl)cc4)sc3c2=O)ccc1OC(C)=O. The van der Waals surface area contributed by atoms with Crippen LogP contribution in [0.5, 0.6) is 11.5 Å². The van der Waals surface area contributed by atoms with Gasteiger partial charge in [0.2, 0.25) is 0 Å². The van der Waals surface area contributed by atoms with Crippen molar-refractivity contribution in [3.05, 3.63) is 70.2 Å². The van der Waals surface area contributed by atoms with Crippen LogP contribution in [-0.2, 0) is 4.79 Å². The van der Waals surface area contributed by atoms with E-state index in [0.717, 1.165) is 10.4 Å². The van der Waals surface area contributed by atoms with Crippen molar-refractivity contribution in [2.45, 2.75) is 6.92 Å². The molecule has 8 heteroatoms. The van der Waals surface area contributed by atoms with Crippen LogP contribution in [0.15, 0.2) is 59.7 Å². The molecular weight excluding hydrogens is 412 g/mol. The number of ether oxygens (including phenoxy) is 2. The van der Waals surface area contributed by atoms with Crippen molar-refractivity contribution >= 4 is 39.1 Å². The lowest BCUT2D eigenvalue weighted by Gasteiger charge is -2.11. The van der Waals surface area contributed by atoms with Gasteiger partial charge in [-0.05, 0) is 35.9 Å². The van der Waals surface area contributed by atoms with Gasteiger partial charge < -0.3 is 9.47 Å².